The number of nitrogens with zero attached hydrogens (tertiary/aromatic N) is 2. The zero-order valence-electron chi connectivity index (χ0n) is 21.5. The highest BCUT2D eigenvalue weighted by atomic mass is 35.5. The normalized spacial score (nSPS) is 12.0. The maximum Gasteiger partial charge on any atom is 0.264 e. The maximum absolute atomic E-state index is 14.0. The summed E-state index contributed by atoms with van der Waals surface area (Å²) in [6.07, 6.45) is 0.349. The van der Waals surface area contributed by atoms with Gasteiger partial charge >= 0.3 is 0 Å². The van der Waals surface area contributed by atoms with Crippen LogP contribution in [0.25, 0.3) is 0 Å². The molecule has 1 atom stereocenters. The average molecular weight is 577 g/mol. The van der Waals surface area contributed by atoms with E-state index >= 15 is 0 Å². The van der Waals surface area contributed by atoms with Crippen molar-refractivity contribution in [3.05, 3.63) is 94.0 Å². The standard InChI is InChI=1S/C28H31Cl2N3O4S/c1-4-26(28(35)31-5-2)32(18-21-12-10-9-11-20(21)3)27(34)19-33(22-15-16-24(29)25(30)17-22)38(36,37)23-13-7-6-8-14-23/h6-17,26H,4-5,18-19H2,1-3H3,(H,31,35)/t26-/m0/s1. The van der Waals surface area contributed by atoms with Crippen LogP contribution >= 0.6 is 23.2 Å². The van der Waals surface area contributed by atoms with E-state index in [-0.39, 0.29) is 33.1 Å². The summed E-state index contributed by atoms with van der Waals surface area (Å²) >= 11 is 12.3. The van der Waals surface area contributed by atoms with Crippen LogP contribution in [0.2, 0.25) is 10.0 Å². The van der Waals surface area contributed by atoms with Crippen LogP contribution in [0.4, 0.5) is 5.69 Å². The molecular formula is C28H31Cl2N3O4S. The van der Waals surface area contributed by atoms with Gasteiger partial charge in [-0.05, 0) is 61.7 Å². The molecule has 0 radical (unpaired) electrons. The van der Waals surface area contributed by atoms with E-state index in [1.54, 1.807) is 25.1 Å². The second kappa shape index (κ2) is 13.1. The van der Waals surface area contributed by atoms with Gasteiger partial charge in [-0.3, -0.25) is 13.9 Å². The highest BCUT2D eigenvalue weighted by Gasteiger charge is 2.33. The Balaban J connectivity index is 2.08. The molecule has 0 bridgehead atoms. The van der Waals surface area contributed by atoms with Crippen LogP contribution in [0.3, 0.4) is 0 Å². The number of carbonyl (C=O) groups excluding carboxylic acids is 2. The lowest BCUT2D eigenvalue weighted by Gasteiger charge is -2.33. The molecule has 0 aliphatic carbocycles. The quantitative estimate of drug-likeness (QED) is 0.330. The number of hydrogen-bond donors (Lipinski definition) is 1. The number of aryl methyl sites for hydroxylation is 1. The topological polar surface area (TPSA) is 86.8 Å². The Kier molecular flexibility index (Phi) is 10.2. The fourth-order valence-corrected chi connectivity index (χ4v) is 5.79. The summed E-state index contributed by atoms with van der Waals surface area (Å²) in [6, 6.07) is 19.0. The number of anilines is 1. The molecule has 0 saturated heterocycles. The van der Waals surface area contributed by atoms with Gasteiger partial charge in [0.05, 0.1) is 20.6 Å². The third kappa shape index (κ3) is 6.87. The number of nitrogens with one attached hydrogen (secondary N) is 1. The van der Waals surface area contributed by atoms with Gasteiger partial charge in [0.2, 0.25) is 11.8 Å². The first-order valence-electron chi connectivity index (χ1n) is 12.2. The summed E-state index contributed by atoms with van der Waals surface area (Å²) in [6.45, 7) is 5.54. The third-order valence-corrected chi connectivity index (χ3v) is 8.67. The molecule has 0 aromatic heterocycles. The zero-order valence-corrected chi connectivity index (χ0v) is 23.9. The molecule has 7 nitrogen and oxygen atoms in total. The highest BCUT2D eigenvalue weighted by molar-refractivity contribution is 7.92. The predicted octanol–water partition coefficient (Wildman–Crippen LogP) is 5.44. The number of carbonyl (C=O) groups is 2. The molecule has 1 N–H and O–H groups in total. The highest BCUT2D eigenvalue weighted by Crippen LogP contribution is 2.31. The van der Waals surface area contributed by atoms with Gasteiger partial charge in [0.25, 0.3) is 10.0 Å². The van der Waals surface area contributed by atoms with Gasteiger partial charge in [0.15, 0.2) is 0 Å². The summed E-state index contributed by atoms with van der Waals surface area (Å²) in [5, 5.41) is 3.19. The first-order chi connectivity index (χ1) is 18.1. The monoisotopic (exact) mass is 575 g/mol. The molecule has 3 aromatic carbocycles. The number of hydrogen-bond acceptors (Lipinski definition) is 4. The summed E-state index contributed by atoms with van der Waals surface area (Å²) in [4.78, 5) is 28.4. The van der Waals surface area contributed by atoms with Crippen molar-refractivity contribution in [2.24, 2.45) is 0 Å². The number of likely N-dealkylation sites (N-methyl/N-ethyl adjacent to an activating group) is 1. The summed E-state index contributed by atoms with van der Waals surface area (Å²) in [5.74, 6) is -0.833. The van der Waals surface area contributed by atoms with E-state index in [0.717, 1.165) is 15.4 Å². The van der Waals surface area contributed by atoms with Gasteiger partial charge in [-0.1, -0.05) is 72.6 Å². The number of benzene rings is 3. The summed E-state index contributed by atoms with van der Waals surface area (Å²) < 4.78 is 28.6. The van der Waals surface area contributed by atoms with E-state index in [4.69, 9.17) is 23.2 Å². The van der Waals surface area contributed by atoms with Crippen molar-refractivity contribution in [1.29, 1.82) is 0 Å². The Morgan fingerprint density at radius 3 is 2.18 bits per heavy atom. The average Bonchev–Trinajstić information content (AvgIpc) is 2.90. The lowest BCUT2D eigenvalue weighted by Crippen LogP contribution is -2.52. The number of halogens is 2. The van der Waals surface area contributed by atoms with Crippen LogP contribution in [0.1, 0.15) is 31.4 Å². The molecule has 3 aromatic rings. The van der Waals surface area contributed by atoms with Crippen LogP contribution in [-0.4, -0.2) is 44.3 Å². The van der Waals surface area contributed by atoms with Crippen molar-refractivity contribution in [3.8, 4) is 0 Å². The van der Waals surface area contributed by atoms with Gasteiger partial charge in [0, 0.05) is 13.1 Å². The molecule has 0 aliphatic rings. The third-order valence-electron chi connectivity index (χ3n) is 6.14. The largest absolute Gasteiger partial charge is 0.355 e. The molecule has 10 heteroatoms. The molecule has 0 aliphatic heterocycles. The molecule has 0 unspecified atom stereocenters. The van der Waals surface area contributed by atoms with Crippen molar-refractivity contribution in [2.75, 3.05) is 17.4 Å². The van der Waals surface area contributed by atoms with Gasteiger partial charge in [-0.15, -0.1) is 0 Å². The van der Waals surface area contributed by atoms with E-state index in [9.17, 15) is 18.0 Å². The van der Waals surface area contributed by atoms with E-state index in [0.29, 0.717) is 13.0 Å². The van der Waals surface area contributed by atoms with Crippen molar-refractivity contribution >= 4 is 50.7 Å². The van der Waals surface area contributed by atoms with Crippen molar-refractivity contribution in [2.45, 2.75) is 44.7 Å². The molecule has 202 valence electrons. The van der Waals surface area contributed by atoms with Crippen LogP contribution in [0.15, 0.2) is 77.7 Å². The minimum atomic E-state index is -4.17. The van der Waals surface area contributed by atoms with Crippen LogP contribution in [0, 0.1) is 6.92 Å². The number of rotatable bonds is 11. The van der Waals surface area contributed by atoms with Gasteiger partial charge in [-0.25, -0.2) is 8.42 Å². The summed E-state index contributed by atoms with van der Waals surface area (Å²) in [5.41, 5.74) is 1.99. The van der Waals surface area contributed by atoms with Crippen LogP contribution in [0.5, 0.6) is 0 Å². The molecule has 38 heavy (non-hydrogen) atoms. The van der Waals surface area contributed by atoms with Crippen molar-refractivity contribution in [3.63, 3.8) is 0 Å². The second-order valence-electron chi connectivity index (χ2n) is 8.69. The minimum Gasteiger partial charge on any atom is -0.355 e. The Labute approximate surface area is 234 Å². The Morgan fingerprint density at radius 1 is 0.921 bits per heavy atom. The number of amides is 2. The smallest absolute Gasteiger partial charge is 0.264 e. The Morgan fingerprint density at radius 2 is 1.58 bits per heavy atom. The fraction of sp³-hybridized carbons (Fsp3) is 0.286. The molecule has 2 amide bonds. The fourth-order valence-electron chi connectivity index (χ4n) is 4.07. The first kappa shape index (κ1) is 29.5. The van der Waals surface area contributed by atoms with Crippen LogP contribution < -0.4 is 9.62 Å². The lowest BCUT2D eigenvalue weighted by molar-refractivity contribution is -0.140. The van der Waals surface area contributed by atoms with Gasteiger partial charge in [0.1, 0.15) is 12.6 Å². The Hall–Kier alpha value is -3.07. The van der Waals surface area contributed by atoms with E-state index in [1.165, 1.54) is 35.2 Å². The molecule has 0 heterocycles. The van der Waals surface area contributed by atoms with E-state index in [2.05, 4.69) is 5.32 Å². The molecular weight excluding hydrogens is 545 g/mol. The van der Waals surface area contributed by atoms with Crippen LogP contribution in [-0.2, 0) is 26.2 Å². The molecule has 0 saturated carbocycles. The van der Waals surface area contributed by atoms with E-state index in [1.807, 2.05) is 38.1 Å². The van der Waals surface area contributed by atoms with E-state index < -0.39 is 28.5 Å². The molecule has 3 rings (SSSR count). The van der Waals surface area contributed by atoms with Gasteiger partial charge in [-0.2, -0.15) is 0 Å². The minimum absolute atomic E-state index is 0.0140. The van der Waals surface area contributed by atoms with Crippen molar-refractivity contribution < 1.29 is 18.0 Å². The number of sulfonamides is 1. The molecule has 0 fully saturated rings. The first-order valence-corrected chi connectivity index (χ1v) is 14.4. The zero-order chi connectivity index (χ0) is 27.9. The van der Waals surface area contributed by atoms with Gasteiger partial charge < -0.3 is 10.2 Å². The summed E-state index contributed by atoms with van der Waals surface area (Å²) in [7, 11) is -4.17. The van der Waals surface area contributed by atoms with Crippen molar-refractivity contribution in [1.82, 2.24) is 10.2 Å². The SMILES string of the molecule is CCNC(=O)[C@H](CC)N(Cc1ccccc1C)C(=O)CN(c1ccc(Cl)c(Cl)c1)S(=O)(=O)c1ccccc1. The molecule has 0 spiro atoms. The lowest BCUT2D eigenvalue weighted by atomic mass is 10.1. The predicted molar refractivity (Wildman–Crippen MR) is 152 cm³/mol. The maximum atomic E-state index is 14.0. The second-order valence-corrected chi connectivity index (χ2v) is 11.4. The Bertz CT molecular complexity index is 1380.